The number of piperazine rings is 1. The third kappa shape index (κ3) is 5.14. The molecule has 0 radical (unpaired) electrons. The highest BCUT2D eigenvalue weighted by molar-refractivity contribution is 6.34. The van der Waals surface area contributed by atoms with Gasteiger partial charge in [-0.3, -0.25) is 9.78 Å². The van der Waals surface area contributed by atoms with Crippen molar-refractivity contribution < 1.29 is 9.18 Å². The summed E-state index contributed by atoms with van der Waals surface area (Å²) >= 11 is 6.80. The van der Waals surface area contributed by atoms with Crippen molar-refractivity contribution in [2.24, 2.45) is 0 Å². The van der Waals surface area contributed by atoms with Crippen LogP contribution in [0.3, 0.4) is 0 Å². The van der Waals surface area contributed by atoms with Crippen LogP contribution in [0.5, 0.6) is 0 Å². The summed E-state index contributed by atoms with van der Waals surface area (Å²) in [7, 11) is 0. The van der Waals surface area contributed by atoms with Gasteiger partial charge in [0.2, 0.25) is 5.91 Å². The van der Waals surface area contributed by atoms with Crippen LogP contribution in [-0.2, 0) is 4.79 Å². The lowest BCUT2D eigenvalue weighted by atomic mass is 10.0. The molecular weight excluding hydrogens is 569 g/mol. The highest BCUT2D eigenvalue weighted by Gasteiger charge is 2.34. The number of anilines is 1. The summed E-state index contributed by atoms with van der Waals surface area (Å²) in [6.07, 6.45) is 2.98. The van der Waals surface area contributed by atoms with Gasteiger partial charge in [-0.15, -0.1) is 0 Å². The smallest absolute Gasteiger partial charge is 0.349 e. The molecule has 0 bridgehead atoms. The minimum Gasteiger partial charge on any atom is -0.349 e. The van der Waals surface area contributed by atoms with Crippen molar-refractivity contribution in [2.45, 2.75) is 52.6 Å². The number of rotatable bonds is 5. The maximum atomic E-state index is 15.2. The van der Waals surface area contributed by atoms with Gasteiger partial charge in [0.15, 0.2) is 5.65 Å². The van der Waals surface area contributed by atoms with E-state index in [1.54, 1.807) is 23.2 Å². The van der Waals surface area contributed by atoms with Gasteiger partial charge in [-0.1, -0.05) is 38.1 Å². The molecular formula is C32H31ClFN7O2. The van der Waals surface area contributed by atoms with Crippen LogP contribution in [0.1, 0.15) is 50.4 Å². The molecule has 0 N–H and O–H groups in total. The molecule has 3 aromatic heterocycles. The monoisotopic (exact) mass is 599 g/mol. The van der Waals surface area contributed by atoms with Crippen LogP contribution < -0.4 is 10.6 Å². The van der Waals surface area contributed by atoms with E-state index in [1.165, 1.54) is 28.8 Å². The molecule has 1 saturated heterocycles. The molecule has 1 aliphatic rings. The van der Waals surface area contributed by atoms with E-state index in [2.05, 4.69) is 16.5 Å². The van der Waals surface area contributed by atoms with Gasteiger partial charge < -0.3 is 9.80 Å². The van der Waals surface area contributed by atoms with Crippen molar-refractivity contribution in [3.8, 4) is 23.0 Å². The zero-order valence-corrected chi connectivity index (χ0v) is 25.4. The SMILES string of the molecule is C=CC(=O)N1C[C@H](C)N(c2nc(=O)n(-c3c(C)ccnc3C(C)C)c3nc(-c4c(F)cccc4C#N)c(Cl)cc23)C[C@H]1C. The number of aryl methyl sites for hydroxylation is 1. The summed E-state index contributed by atoms with van der Waals surface area (Å²) in [4.78, 5) is 44.2. The first kappa shape index (κ1) is 29.9. The molecule has 0 saturated carbocycles. The van der Waals surface area contributed by atoms with Crippen LogP contribution in [0, 0.1) is 24.1 Å². The van der Waals surface area contributed by atoms with Crippen molar-refractivity contribution in [1.29, 1.82) is 5.26 Å². The summed E-state index contributed by atoms with van der Waals surface area (Å²) in [6.45, 7) is 14.1. The number of hydrogen-bond donors (Lipinski definition) is 0. The Morgan fingerprint density at radius 2 is 1.95 bits per heavy atom. The van der Waals surface area contributed by atoms with Crippen molar-refractivity contribution in [2.75, 3.05) is 18.0 Å². The van der Waals surface area contributed by atoms with Gasteiger partial charge >= 0.3 is 5.69 Å². The lowest BCUT2D eigenvalue weighted by molar-refractivity contribution is -0.128. The molecule has 4 aromatic rings. The Morgan fingerprint density at radius 3 is 2.63 bits per heavy atom. The number of carbonyl (C=O) groups excluding carboxylic acids is 1. The van der Waals surface area contributed by atoms with Crippen LogP contribution in [-0.4, -0.2) is 55.5 Å². The second kappa shape index (κ2) is 11.6. The van der Waals surface area contributed by atoms with Gasteiger partial charge in [0.1, 0.15) is 11.6 Å². The first-order chi connectivity index (χ1) is 20.5. The lowest BCUT2D eigenvalue weighted by Crippen LogP contribution is -2.58. The molecule has 0 unspecified atom stereocenters. The zero-order valence-electron chi connectivity index (χ0n) is 24.6. The Labute approximate surface area is 253 Å². The molecule has 1 aliphatic heterocycles. The van der Waals surface area contributed by atoms with Gasteiger partial charge in [-0.2, -0.15) is 10.2 Å². The number of pyridine rings is 2. The number of benzene rings is 1. The molecule has 0 aliphatic carbocycles. The molecule has 9 nitrogen and oxygen atoms in total. The second-order valence-corrected chi connectivity index (χ2v) is 11.5. The second-order valence-electron chi connectivity index (χ2n) is 11.1. The van der Waals surface area contributed by atoms with Gasteiger partial charge in [-0.25, -0.2) is 18.7 Å². The van der Waals surface area contributed by atoms with Gasteiger partial charge in [-0.05, 0) is 62.6 Å². The number of hydrogen-bond acceptors (Lipinski definition) is 7. The minimum absolute atomic E-state index is 0.0320. The summed E-state index contributed by atoms with van der Waals surface area (Å²) in [5.74, 6) is -0.532. The molecule has 1 fully saturated rings. The Balaban J connectivity index is 1.86. The fraction of sp³-hybridized carbons (Fsp3) is 0.312. The summed E-state index contributed by atoms with van der Waals surface area (Å²) in [6, 6.07) is 9.18. The maximum absolute atomic E-state index is 15.2. The molecule has 1 aromatic carbocycles. The molecule has 0 spiro atoms. The van der Waals surface area contributed by atoms with Crippen LogP contribution >= 0.6 is 11.6 Å². The lowest BCUT2D eigenvalue weighted by Gasteiger charge is -2.44. The summed E-state index contributed by atoms with van der Waals surface area (Å²) < 4.78 is 16.6. The van der Waals surface area contributed by atoms with Crippen molar-refractivity contribution in [3.05, 3.63) is 87.3 Å². The fourth-order valence-corrected chi connectivity index (χ4v) is 5.94. The van der Waals surface area contributed by atoms with E-state index in [0.29, 0.717) is 35.7 Å². The van der Waals surface area contributed by atoms with Gasteiger partial charge in [0, 0.05) is 31.4 Å². The Bertz CT molecular complexity index is 1880. The maximum Gasteiger partial charge on any atom is 0.355 e. The van der Waals surface area contributed by atoms with E-state index in [9.17, 15) is 14.9 Å². The third-order valence-electron chi connectivity index (χ3n) is 7.81. The van der Waals surface area contributed by atoms with Crippen LogP contribution in [0.15, 0.2) is 54.0 Å². The minimum atomic E-state index is -0.665. The Kier molecular flexibility index (Phi) is 8.04. The predicted molar refractivity (Wildman–Crippen MR) is 165 cm³/mol. The Hall–Kier alpha value is -4.62. The topological polar surface area (TPSA) is 108 Å². The average Bonchev–Trinajstić information content (AvgIpc) is 2.97. The molecule has 1 amide bonds. The van der Waals surface area contributed by atoms with E-state index in [1.807, 2.05) is 45.6 Å². The van der Waals surface area contributed by atoms with Crippen molar-refractivity contribution in [1.82, 2.24) is 24.4 Å². The predicted octanol–water partition coefficient (Wildman–Crippen LogP) is 5.55. The molecule has 4 heterocycles. The van der Waals surface area contributed by atoms with E-state index in [0.717, 1.165) is 5.56 Å². The number of amides is 1. The highest BCUT2D eigenvalue weighted by atomic mass is 35.5. The van der Waals surface area contributed by atoms with E-state index in [-0.39, 0.29) is 51.4 Å². The largest absolute Gasteiger partial charge is 0.355 e. The van der Waals surface area contributed by atoms with E-state index in [4.69, 9.17) is 16.6 Å². The normalized spacial score (nSPS) is 16.9. The average molecular weight is 600 g/mol. The summed E-state index contributed by atoms with van der Waals surface area (Å²) in [5, 5.41) is 10.3. The number of fused-ring (bicyclic) bond motifs is 1. The van der Waals surface area contributed by atoms with Crippen LogP contribution in [0.25, 0.3) is 28.0 Å². The van der Waals surface area contributed by atoms with Crippen LogP contribution in [0.4, 0.5) is 10.2 Å². The fourth-order valence-electron chi connectivity index (χ4n) is 5.69. The quantitative estimate of drug-likeness (QED) is 0.277. The molecule has 2 atom stereocenters. The zero-order chi connectivity index (χ0) is 31.2. The molecule has 11 heteroatoms. The van der Waals surface area contributed by atoms with Crippen molar-refractivity contribution in [3.63, 3.8) is 0 Å². The van der Waals surface area contributed by atoms with E-state index >= 15 is 4.39 Å². The highest BCUT2D eigenvalue weighted by Crippen LogP contribution is 2.37. The third-order valence-corrected chi connectivity index (χ3v) is 8.10. The first-order valence-corrected chi connectivity index (χ1v) is 14.3. The molecule has 5 rings (SSSR count). The number of nitriles is 1. The number of carbonyl (C=O) groups is 1. The van der Waals surface area contributed by atoms with Gasteiger partial charge in [0.05, 0.1) is 44.7 Å². The summed E-state index contributed by atoms with van der Waals surface area (Å²) in [5.41, 5.74) is 1.61. The molecule has 43 heavy (non-hydrogen) atoms. The van der Waals surface area contributed by atoms with Gasteiger partial charge in [0.25, 0.3) is 0 Å². The number of aromatic nitrogens is 4. The molecule has 220 valence electrons. The number of nitrogens with zero attached hydrogens (tertiary/aromatic N) is 7. The Morgan fingerprint density at radius 1 is 1.21 bits per heavy atom. The van der Waals surface area contributed by atoms with Crippen molar-refractivity contribution >= 4 is 34.4 Å². The van der Waals surface area contributed by atoms with Crippen LogP contribution in [0.2, 0.25) is 5.02 Å². The number of halogens is 2. The van der Waals surface area contributed by atoms with E-state index < -0.39 is 11.5 Å². The first-order valence-electron chi connectivity index (χ1n) is 14.0. The standard InChI is InChI=1S/C32H31ClFN7O2/c1-7-25(42)39-15-20(6)40(16-19(39)5)30-22-13-23(33)28(26-21(14-35)9-8-10-24(26)34)37-31(22)41(32(43)38-30)29-18(4)11-12-36-27(29)17(2)3/h7-13,17,19-20H,1,15-16H2,2-6H3/t19-,20+/m1/s1.